The summed E-state index contributed by atoms with van der Waals surface area (Å²) in [5.41, 5.74) is 0. The maximum atomic E-state index is 12.1. The monoisotopic (exact) mass is 251 g/mol. The van der Waals surface area contributed by atoms with Crippen LogP contribution in [0.2, 0.25) is 0 Å². The lowest BCUT2D eigenvalue weighted by molar-refractivity contribution is 0.165. The first-order chi connectivity index (χ1) is 8.78. The Morgan fingerprint density at radius 1 is 1.17 bits per heavy atom. The van der Waals surface area contributed by atoms with Crippen molar-refractivity contribution in [1.29, 1.82) is 0 Å². The van der Waals surface area contributed by atoms with Gasteiger partial charge in [0.2, 0.25) is 0 Å². The molecule has 3 fully saturated rings. The SMILES string of the molecule is CNC1CCC(N2CC(C3CCC3)NC2=O)CC1. The average molecular weight is 251 g/mol. The van der Waals surface area contributed by atoms with Crippen LogP contribution in [0.1, 0.15) is 44.9 Å². The second-order valence-electron chi connectivity index (χ2n) is 6.19. The van der Waals surface area contributed by atoms with E-state index < -0.39 is 0 Å². The summed E-state index contributed by atoms with van der Waals surface area (Å²) in [5, 5.41) is 6.55. The van der Waals surface area contributed by atoms with Gasteiger partial charge in [0.15, 0.2) is 0 Å². The fourth-order valence-electron chi connectivity index (χ4n) is 3.68. The van der Waals surface area contributed by atoms with Crippen molar-refractivity contribution in [3.8, 4) is 0 Å². The van der Waals surface area contributed by atoms with Crippen LogP contribution in [0.5, 0.6) is 0 Å². The highest BCUT2D eigenvalue weighted by Crippen LogP contribution is 2.33. The van der Waals surface area contributed by atoms with Crippen LogP contribution in [0.4, 0.5) is 4.79 Å². The van der Waals surface area contributed by atoms with E-state index in [9.17, 15) is 4.79 Å². The molecule has 2 saturated carbocycles. The zero-order valence-electron chi connectivity index (χ0n) is 11.3. The predicted molar refractivity (Wildman–Crippen MR) is 71.5 cm³/mol. The van der Waals surface area contributed by atoms with E-state index in [0.717, 1.165) is 25.3 Å². The Kier molecular flexibility index (Phi) is 3.46. The van der Waals surface area contributed by atoms with Crippen molar-refractivity contribution in [3.05, 3.63) is 0 Å². The summed E-state index contributed by atoms with van der Waals surface area (Å²) in [5.74, 6) is 0.757. The van der Waals surface area contributed by atoms with E-state index in [1.54, 1.807) is 0 Å². The molecular weight excluding hydrogens is 226 g/mol. The summed E-state index contributed by atoms with van der Waals surface area (Å²) in [6.07, 6.45) is 8.71. The summed E-state index contributed by atoms with van der Waals surface area (Å²) in [6, 6.07) is 1.78. The molecule has 0 bridgehead atoms. The molecule has 2 aliphatic carbocycles. The predicted octanol–water partition coefficient (Wildman–Crippen LogP) is 1.71. The third-order valence-corrected chi connectivity index (χ3v) is 5.23. The summed E-state index contributed by atoms with van der Waals surface area (Å²) in [6.45, 7) is 0.957. The first kappa shape index (κ1) is 12.3. The van der Waals surface area contributed by atoms with Gasteiger partial charge in [0.05, 0.1) is 6.04 Å². The van der Waals surface area contributed by atoms with Gasteiger partial charge < -0.3 is 15.5 Å². The quantitative estimate of drug-likeness (QED) is 0.802. The van der Waals surface area contributed by atoms with Gasteiger partial charge in [0.25, 0.3) is 0 Å². The third kappa shape index (κ3) is 2.22. The van der Waals surface area contributed by atoms with E-state index >= 15 is 0 Å². The van der Waals surface area contributed by atoms with Crippen LogP contribution in [0.3, 0.4) is 0 Å². The van der Waals surface area contributed by atoms with Crippen molar-refractivity contribution in [3.63, 3.8) is 0 Å². The molecule has 1 saturated heterocycles. The summed E-state index contributed by atoms with van der Waals surface area (Å²) in [7, 11) is 2.04. The third-order valence-electron chi connectivity index (χ3n) is 5.23. The topological polar surface area (TPSA) is 44.4 Å². The van der Waals surface area contributed by atoms with Crippen LogP contribution < -0.4 is 10.6 Å². The van der Waals surface area contributed by atoms with Gasteiger partial charge in [-0.2, -0.15) is 0 Å². The lowest BCUT2D eigenvalue weighted by Gasteiger charge is -2.35. The van der Waals surface area contributed by atoms with Gasteiger partial charge in [0, 0.05) is 18.6 Å². The zero-order valence-corrected chi connectivity index (χ0v) is 11.3. The molecule has 0 radical (unpaired) electrons. The highest BCUT2D eigenvalue weighted by molar-refractivity contribution is 5.77. The molecule has 2 N–H and O–H groups in total. The number of amides is 2. The lowest BCUT2D eigenvalue weighted by Crippen LogP contribution is -2.43. The Morgan fingerprint density at radius 3 is 2.44 bits per heavy atom. The number of hydrogen-bond acceptors (Lipinski definition) is 2. The molecule has 1 unspecified atom stereocenters. The summed E-state index contributed by atoms with van der Waals surface area (Å²) in [4.78, 5) is 14.2. The molecule has 1 heterocycles. The summed E-state index contributed by atoms with van der Waals surface area (Å²) < 4.78 is 0. The van der Waals surface area contributed by atoms with Crippen molar-refractivity contribution >= 4 is 6.03 Å². The van der Waals surface area contributed by atoms with Crippen molar-refractivity contribution in [1.82, 2.24) is 15.5 Å². The smallest absolute Gasteiger partial charge is 0.318 e. The highest BCUT2D eigenvalue weighted by Gasteiger charge is 2.40. The first-order valence-corrected chi connectivity index (χ1v) is 7.52. The van der Waals surface area contributed by atoms with Gasteiger partial charge in [-0.05, 0) is 51.5 Å². The molecule has 3 aliphatic rings. The van der Waals surface area contributed by atoms with Crippen LogP contribution in [0.15, 0.2) is 0 Å². The van der Waals surface area contributed by atoms with Crippen LogP contribution in [-0.2, 0) is 0 Å². The molecule has 1 aliphatic heterocycles. The van der Waals surface area contributed by atoms with Crippen LogP contribution in [0, 0.1) is 5.92 Å². The van der Waals surface area contributed by atoms with Crippen LogP contribution >= 0.6 is 0 Å². The van der Waals surface area contributed by atoms with Gasteiger partial charge in [-0.3, -0.25) is 0 Å². The number of nitrogens with zero attached hydrogens (tertiary/aromatic N) is 1. The lowest BCUT2D eigenvalue weighted by atomic mass is 9.80. The van der Waals surface area contributed by atoms with E-state index in [4.69, 9.17) is 0 Å². The number of hydrogen-bond donors (Lipinski definition) is 2. The zero-order chi connectivity index (χ0) is 12.5. The molecule has 18 heavy (non-hydrogen) atoms. The Hall–Kier alpha value is -0.770. The van der Waals surface area contributed by atoms with E-state index in [1.165, 1.54) is 32.1 Å². The number of carbonyl (C=O) groups is 1. The molecule has 4 nitrogen and oxygen atoms in total. The molecule has 102 valence electrons. The number of carbonyl (C=O) groups excluding carboxylic acids is 1. The van der Waals surface area contributed by atoms with E-state index in [2.05, 4.69) is 15.5 Å². The molecule has 2 amide bonds. The Morgan fingerprint density at radius 2 is 1.89 bits per heavy atom. The van der Waals surface area contributed by atoms with Gasteiger partial charge in [-0.15, -0.1) is 0 Å². The Balaban J connectivity index is 1.54. The van der Waals surface area contributed by atoms with Gasteiger partial charge in [-0.25, -0.2) is 4.79 Å². The molecule has 3 rings (SSSR count). The number of urea groups is 1. The van der Waals surface area contributed by atoms with E-state index in [0.29, 0.717) is 18.1 Å². The van der Waals surface area contributed by atoms with Gasteiger partial charge >= 0.3 is 6.03 Å². The van der Waals surface area contributed by atoms with Crippen molar-refractivity contribution in [2.24, 2.45) is 5.92 Å². The molecule has 1 atom stereocenters. The molecular formula is C14H25N3O. The molecule has 0 aromatic rings. The normalized spacial score (nSPS) is 37.5. The van der Waals surface area contributed by atoms with E-state index in [-0.39, 0.29) is 6.03 Å². The minimum Gasteiger partial charge on any atom is -0.333 e. The highest BCUT2D eigenvalue weighted by atomic mass is 16.2. The Labute approximate surface area is 109 Å². The largest absolute Gasteiger partial charge is 0.333 e. The van der Waals surface area contributed by atoms with Crippen molar-refractivity contribution in [2.75, 3.05) is 13.6 Å². The minimum absolute atomic E-state index is 0.194. The maximum Gasteiger partial charge on any atom is 0.318 e. The molecule has 0 spiro atoms. The molecule has 4 heteroatoms. The van der Waals surface area contributed by atoms with E-state index in [1.807, 2.05) is 7.05 Å². The van der Waals surface area contributed by atoms with Crippen LogP contribution in [-0.4, -0.2) is 42.6 Å². The van der Waals surface area contributed by atoms with Crippen molar-refractivity contribution in [2.45, 2.75) is 63.1 Å². The summed E-state index contributed by atoms with van der Waals surface area (Å²) >= 11 is 0. The maximum absolute atomic E-state index is 12.1. The second kappa shape index (κ2) is 5.08. The number of rotatable bonds is 3. The van der Waals surface area contributed by atoms with Crippen LogP contribution in [0.25, 0.3) is 0 Å². The molecule has 0 aromatic carbocycles. The molecule has 0 aromatic heterocycles. The standard InChI is InChI=1S/C14H25N3O/c1-15-11-5-7-12(8-6-11)17-9-13(16-14(17)18)10-3-2-4-10/h10-13,15H,2-9H2,1H3,(H,16,18). The van der Waals surface area contributed by atoms with Crippen molar-refractivity contribution < 1.29 is 4.79 Å². The fraction of sp³-hybridized carbons (Fsp3) is 0.929. The Bertz CT molecular complexity index is 308. The number of nitrogens with one attached hydrogen (secondary N) is 2. The average Bonchev–Trinajstić information content (AvgIpc) is 2.69. The van der Waals surface area contributed by atoms with Gasteiger partial charge in [-0.1, -0.05) is 6.42 Å². The van der Waals surface area contributed by atoms with Gasteiger partial charge in [0.1, 0.15) is 0 Å². The first-order valence-electron chi connectivity index (χ1n) is 7.52. The fourth-order valence-corrected chi connectivity index (χ4v) is 3.68. The second-order valence-corrected chi connectivity index (χ2v) is 6.19. The minimum atomic E-state index is 0.194.